The molecule has 100 valence electrons. The summed E-state index contributed by atoms with van der Waals surface area (Å²) in [5.74, 6) is 1.80. The van der Waals surface area contributed by atoms with E-state index in [1.165, 1.54) is 11.1 Å². The summed E-state index contributed by atoms with van der Waals surface area (Å²) in [6, 6.07) is 6.18. The highest BCUT2D eigenvalue weighted by Gasteiger charge is 2.51. The van der Waals surface area contributed by atoms with Crippen LogP contribution in [0.15, 0.2) is 30.4 Å². The number of methoxy groups -OCH3 is 1. The molecule has 0 aromatic heterocycles. The second kappa shape index (κ2) is 4.22. The van der Waals surface area contributed by atoms with E-state index in [9.17, 15) is 4.79 Å². The van der Waals surface area contributed by atoms with Gasteiger partial charge in [0.2, 0.25) is 0 Å². The molecule has 1 aromatic rings. The second-order valence-corrected chi connectivity index (χ2v) is 6.14. The fourth-order valence-corrected chi connectivity index (χ4v) is 3.97. The van der Waals surface area contributed by atoms with Gasteiger partial charge < -0.3 is 4.74 Å². The van der Waals surface area contributed by atoms with E-state index < -0.39 is 0 Å². The van der Waals surface area contributed by atoms with Crippen molar-refractivity contribution in [2.24, 2.45) is 5.92 Å². The van der Waals surface area contributed by atoms with Crippen LogP contribution in [-0.2, 0) is 16.6 Å². The molecule has 2 nitrogen and oxygen atoms in total. The van der Waals surface area contributed by atoms with Crippen molar-refractivity contribution >= 4 is 5.78 Å². The third-order valence-corrected chi connectivity index (χ3v) is 4.59. The van der Waals surface area contributed by atoms with E-state index in [0.29, 0.717) is 11.7 Å². The highest BCUT2D eigenvalue weighted by Crippen LogP contribution is 2.52. The van der Waals surface area contributed by atoms with Gasteiger partial charge in [0.15, 0.2) is 0 Å². The van der Waals surface area contributed by atoms with Crippen molar-refractivity contribution in [1.82, 2.24) is 0 Å². The smallest absolute Gasteiger partial charge is 0.144 e. The lowest BCUT2D eigenvalue weighted by molar-refractivity contribution is -0.122. The van der Waals surface area contributed by atoms with Gasteiger partial charge in [-0.15, -0.1) is 6.58 Å². The predicted octanol–water partition coefficient (Wildman–Crippen LogP) is 3.43. The Morgan fingerprint density at radius 2 is 2.26 bits per heavy atom. The summed E-state index contributed by atoms with van der Waals surface area (Å²) >= 11 is 0. The van der Waals surface area contributed by atoms with E-state index in [1.807, 2.05) is 13.0 Å². The Balaban J connectivity index is 2.13. The number of hydrogen-bond acceptors (Lipinski definition) is 2. The van der Waals surface area contributed by atoms with Crippen molar-refractivity contribution in [1.29, 1.82) is 0 Å². The highest BCUT2D eigenvalue weighted by molar-refractivity contribution is 5.94. The Kier molecular flexibility index (Phi) is 2.77. The Labute approximate surface area is 114 Å². The molecule has 0 spiro atoms. The minimum atomic E-state index is -0.295. The largest absolute Gasteiger partial charge is 0.497 e. The Bertz CT molecular complexity index is 558. The van der Waals surface area contributed by atoms with E-state index >= 15 is 0 Å². The van der Waals surface area contributed by atoms with Gasteiger partial charge in [-0.1, -0.05) is 11.6 Å². The molecule has 19 heavy (non-hydrogen) atoms. The number of hydrogen-bond donors (Lipinski definition) is 0. The van der Waals surface area contributed by atoms with Crippen LogP contribution in [0.25, 0.3) is 0 Å². The SMILES string of the molecule is C=C(C)C[C@]12C[C@H](CC1=O)Cc1cc(OC)ccc12. The molecule has 0 radical (unpaired) electrons. The van der Waals surface area contributed by atoms with Crippen LogP contribution in [-0.4, -0.2) is 12.9 Å². The first-order valence-electron chi connectivity index (χ1n) is 6.90. The summed E-state index contributed by atoms with van der Waals surface area (Å²) in [7, 11) is 1.69. The van der Waals surface area contributed by atoms with Crippen molar-refractivity contribution in [2.45, 2.75) is 38.0 Å². The van der Waals surface area contributed by atoms with Crippen molar-refractivity contribution in [3.05, 3.63) is 41.5 Å². The fraction of sp³-hybridized carbons (Fsp3) is 0.471. The average molecular weight is 256 g/mol. The minimum absolute atomic E-state index is 0.295. The van der Waals surface area contributed by atoms with Crippen LogP contribution in [0.3, 0.4) is 0 Å². The molecule has 2 bridgehead atoms. The van der Waals surface area contributed by atoms with Crippen LogP contribution in [0, 0.1) is 5.92 Å². The fourth-order valence-electron chi connectivity index (χ4n) is 3.97. The molecule has 2 aliphatic rings. The number of Topliss-reactive ketones (excluding diaryl/α,β-unsaturated/α-hetero) is 1. The molecule has 0 unspecified atom stereocenters. The summed E-state index contributed by atoms with van der Waals surface area (Å²) in [6.07, 6.45) is 3.53. The van der Waals surface area contributed by atoms with Gasteiger partial charge in [-0.3, -0.25) is 4.79 Å². The number of carbonyl (C=O) groups is 1. The van der Waals surface area contributed by atoms with Gasteiger partial charge in [-0.25, -0.2) is 0 Å². The van der Waals surface area contributed by atoms with Gasteiger partial charge in [0.25, 0.3) is 0 Å². The lowest BCUT2D eigenvalue weighted by Crippen LogP contribution is -2.34. The average Bonchev–Trinajstić information content (AvgIpc) is 2.60. The molecule has 2 heteroatoms. The van der Waals surface area contributed by atoms with Crippen molar-refractivity contribution in [2.75, 3.05) is 7.11 Å². The molecular formula is C17H20O2. The Hall–Kier alpha value is -1.57. The Morgan fingerprint density at radius 1 is 1.47 bits per heavy atom. The number of carbonyl (C=O) groups excluding carboxylic acids is 1. The van der Waals surface area contributed by atoms with Gasteiger partial charge in [0, 0.05) is 6.42 Å². The molecule has 1 fully saturated rings. The van der Waals surface area contributed by atoms with Crippen molar-refractivity contribution in [3.8, 4) is 5.75 Å². The van der Waals surface area contributed by atoms with Gasteiger partial charge in [0.05, 0.1) is 12.5 Å². The zero-order valence-electron chi connectivity index (χ0n) is 11.7. The van der Waals surface area contributed by atoms with Crippen LogP contribution >= 0.6 is 0 Å². The summed E-state index contributed by atoms with van der Waals surface area (Å²) in [5, 5.41) is 0. The number of allylic oxidation sites excluding steroid dienone is 1. The molecule has 0 N–H and O–H groups in total. The maximum Gasteiger partial charge on any atom is 0.144 e. The molecule has 2 aliphatic carbocycles. The maximum absolute atomic E-state index is 12.6. The number of ether oxygens (including phenoxy) is 1. The number of benzene rings is 1. The third kappa shape index (κ3) is 1.81. The summed E-state index contributed by atoms with van der Waals surface area (Å²) in [4.78, 5) is 12.6. The molecule has 0 saturated heterocycles. The highest BCUT2D eigenvalue weighted by atomic mass is 16.5. The van der Waals surface area contributed by atoms with Gasteiger partial charge in [-0.05, 0) is 55.4 Å². The van der Waals surface area contributed by atoms with Gasteiger partial charge in [-0.2, -0.15) is 0 Å². The molecule has 0 aliphatic heterocycles. The van der Waals surface area contributed by atoms with E-state index in [2.05, 4.69) is 18.7 Å². The van der Waals surface area contributed by atoms with Crippen molar-refractivity contribution in [3.63, 3.8) is 0 Å². The van der Waals surface area contributed by atoms with E-state index in [4.69, 9.17) is 4.74 Å². The minimum Gasteiger partial charge on any atom is -0.497 e. The normalized spacial score (nSPS) is 28.1. The summed E-state index contributed by atoms with van der Waals surface area (Å²) in [5.41, 5.74) is 3.31. The predicted molar refractivity (Wildman–Crippen MR) is 75.5 cm³/mol. The topological polar surface area (TPSA) is 26.3 Å². The first-order valence-corrected chi connectivity index (χ1v) is 6.90. The molecule has 0 heterocycles. The zero-order chi connectivity index (χ0) is 13.6. The maximum atomic E-state index is 12.6. The number of fused-ring (bicyclic) bond motifs is 4. The van der Waals surface area contributed by atoms with Crippen LogP contribution in [0.4, 0.5) is 0 Å². The second-order valence-electron chi connectivity index (χ2n) is 6.14. The van der Waals surface area contributed by atoms with Crippen molar-refractivity contribution < 1.29 is 9.53 Å². The lowest BCUT2D eigenvalue weighted by atomic mass is 9.68. The molecule has 1 aromatic carbocycles. The van der Waals surface area contributed by atoms with E-state index in [-0.39, 0.29) is 5.41 Å². The molecule has 0 amide bonds. The standard InChI is InChI=1S/C17H20O2/c1-11(2)9-17-10-12(7-16(17)18)6-13-8-14(19-3)4-5-15(13)17/h4-5,8,12H,1,6-7,9-10H2,2-3H3/t12-,17+/m0/s1. The van der Waals surface area contributed by atoms with E-state index in [0.717, 1.165) is 37.0 Å². The van der Waals surface area contributed by atoms with Crippen LogP contribution < -0.4 is 4.74 Å². The molecule has 2 atom stereocenters. The van der Waals surface area contributed by atoms with Gasteiger partial charge >= 0.3 is 0 Å². The van der Waals surface area contributed by atoms with Crippen LogP contribution in [0.5, 0.6) is 5.75 Å². The first-order chi connectivity index (χ1) is 9.05. The monoisotopic (exact) mass is 256 g/mol. The first kappa shape index (κ1) is 12.5. The number of ketones is 1. The number of rotatable bonds is 3. The third-order valence-electron chi connectivity index (χ3n) is 4.59. The lowest BCUT2D eigenvalue weighted by Gasteiger charge is -2.34. The van der Waals surface area contributed by atoms with Gasteiger partial charge in [0.1, 0.15) is 11.5 Å². The zero-order valence-corrected chi connectivity index (χ0v) is 11.7. The quantitative estimate of drug-likeness (QED) is 0.774. The summed E-state index contributed by atoms with van der Waals surface area (Å²) in [6.45, 7) is 6.05. The van der Waals surface area contributed by atoms with Crippen LogP contribution in [0.2, 0.25) is 0 Å². The summed E-state index contributed by atoms with van der Waals surface area (Å²) < 4.78 is 5.31. The van der Waals surface area contributed by atoms with E-state index in [1.54, 1.807) is 7.11 Å². The molecule has 3 rings (SSSR count). The molecular weight excluding hydrogens is 236 g/mol. The molecule has 1 saturated carbocycles. The Morgan fingerprint density at radius 3 is 2.95 bits per heavy atom. The van der Waals surface area contributed by atoms with Crippen LogP contribution in [0.1, 0.15) is 37.3 Å².